The van der Waals surface area contributed by atoms with Crippen molar-refractivity contribution in [1.29, 1.82) is 0 Å². The first kappa shape index (κ1) is 16.1. The molecule has 1 aromatic carbocycles. The van der Waals surface area contributed by atoms with E-state index in [1.165, 1.54) is 24.4 Å². The molecule has 108 valence electrons. The zero-order valence-corrected chi connectivity index (χ0v) is 12.4. The van der Waals surface area contributed by atoms with E-state index < -0.39 is 15.8 Å². The third-order valence-electron chi connectivity index (χ3n) is 2.23. The number of aromatic nitrogens is 1. The molecule has 0 spiro atoms. The minimum atomic E-state index is -3.78. The monoisotopic (exact) mass is 296 g/mol. The molecule has 0 fully saturated rings. The van der Waals surface area contributed by atoms with Gasteiger partial charge in [0.25, 0.3) is 10.0 Å². The molecule has 0 saturated heterocycles. The molecule has 0 bridgehead atoms. The van der Waals surface area contributed by atoms with E-state index in [2.05, 4.69) is 9.71 Å². The van der Waals surface area contributed by atoms with Crippen LogP contribution in [-0.2, 0) is 10.0 Å². The van der Waals surface area contributed by atoms with E-state index in [0.29, 0.717) is 5.69 Å². The molecular weight excluding hydrogens is 279 g/mol. The summed E-state index contributed by atoms with van der Waals surface area (Å²) in [5.41, 5.74) is 1.17. The Bertz CT molecular complexity index is 672. The van der Waals surface area contributed by atoms with Gasteiger partial charge in [0.15, 0.2) is 0 Å². The molecule has 0 saturated carbocycles. The Hall–Kier alpha value is -1.95. The highest BCUT2D eigenvalue weighted by Crippen LogP contribution is 2.16. The van der Waals surface area contributed by atoms with Crippen LogP contribution in [0.3, 0.4) is 0 Å². The molecule has 0 aliphatic heterocycles. The van der Waals surface area contributed by atoms with Crippen LogP contribution in [0.25, 0.3) is 0 Å². The van der Waals surface area contributed by atoms with Crippen LogP contribution in [0.4, 0.5) is 10.1 Å². The van der Waals surface area contributed by atoms with Gasteiger partial charge in [-0.1, -0.05) is 19.9 Å². The van der Waals surface area contributed by atoms with E-state index in [0.717, 1.165) is 11.6 Å². The number of aryl methyl sites for hydroxylation is 1. The number of sulfonamides is 1. The van der Waals surface area contributed by atoms with Crippen LogP contribution in [0.1, 0.15) is 19.4 Å². The van der Waals surface area contributed by atoms with Gasteiger partial charge in [0.05, 0.1) is 16.8 Å². The van der Waals surface area contributed by atoms with Crippen LogP contribution in [0.15, 0.2) is 47.6 Å². The molecular formula is C14H17FN2O2S. The fourth-order valence-corrected chi connectivity index (χ4v) is 2.52. The zero-order chi connectivity index (χ0) is 15.2. The Morgan fingerprint density at radius 3 is 2.45 bits per heavy atom. The Balaban J connectivity index is 0.000000956. The van der Waals surface area contributed by atoms with E-state index in [9.17, 15) is 12.8 Å². The number of halogens is 1. The summed E-state index contributed by atoms with van der Waals surface area (Å²) in [5.74, 6) is -0.597. The van der Waals surface area contributed by atoms with Gasteiger partial charge in [-0.3, -0.25) is 9.71 Å². The van der Waals surface area contributed by atoms with Gasteiger partial charge in [-0.25, -0.2) is 12.8 Å². The van der Waals surface area contributed by atoms with Crippen molar-refractivity contribution < 1.29 is 12.8 Å². The van der Waals surface area contributed by atoms with Gasteiger partial charge in [0.2, 0.25) is 0 Å². The Morgan fingerprint density at radius 2 is 1.85 bits per heavy atom. The van der Waals surface area contributed by atoms with E-state index >= 15 is 0 Å². The molecule has 2 aromatic rings. The topological polar surface area (TPSA) is 59.1 Å². The average molecular weight is 296 g/mol. The first-order chi connectivity index (χ1) is 9.47. The zero-order valence-electron chi connectivity index (χ0n) is 11.6. The molecule has 1 heterocycles. The molecule has 20 heavy (non-hydrogen) atoms. The molecule has 0 amide bonds. The van der Waals surface area contributed by atoms with Crippen molar-refractivity contribution in [2.45, 2.75) is 25.7 Å². The summed E-state index contributed by atoms with van der Waals surface area (Å²) >= 11 is 0. The van der Waals surface area contributed by atoms with Crippen LogP contribution < -0.4 is 4.72 Å². The highest BCUT2D eigenvalue weighted by atomic mass is 32.2. The average Bonchev–Trinajstić information content (AvgIpc) is 2.40. The van der Waals surface area contributed by atoms with Crippen LogP contribution in [0.5, 0.6) is 0 Å². The molecule has 0 radical (unpaired) electrons. The number of rotatable bonds is 3. The minimum Gasteiger partial charge on any atom is -0.278 e. The largest absolute Gasteiger partial charge is 0.278 e. The fraction of sp³-hybridized carbons (Fsp3) is 0.214. The van der Waals surface area contributed by atoms with Crippen molar-refractivity contribution in [3.63, 3.8) is 0 Å². The van der Waals surface area contributed by atoms with Crippen molar-refractivity contribution >= 4 is 15.7 Å². The fourth-order valence-electron chi connectivity index (χ4n) is 1.46. The summed E-state index contributed by atoms with van der Waals surface area (Å²) in [6.07, 6.45) is 3.00. The van der Waals surface area contributed by atoms with Gasteiger partial charge in [0, 0.05) is 6.20 Å². The quantitative estimate of drug-likeness (QED) is 0.945. The van der Waals surface area contributed by atoms with Crippen LogP contribution in [0, 0.1) is 12.7 Å². The van der Waals surface area contributed by atoms with Gasteiger partial charge in [-0.15, -0.1) is 0 Å². The summed E-state index contributed by atoms with van der Waals surface area (Å²) in [6, 6.07) is 6.47. The second-order valence-electron chi connectivity index (χ2n) is 3.81. The highest BCUT2D eigenvalue weighted by molar-refractivity contribution is 7.92. The first-order valence-corrected chi connectivity index (χ1v) is 7.66. The third kappa shape index (κ3) is 4.31. The molecule has 4 nitrogen and oxygen atoms in total. The number of hydrogen-bond donors (Lipinski definition) is 1. The normalized spacial score (nSPS) is 10.4. The SMILES string of the molecule is CC.Cc1cncc(NS(=O)(=O)c2cccc(F)c2)c1. The molecule has 1 N–H and O–H groups in total. The van der Waals surface area contributed by atoms with Gasteiger partial charge in [-0.2, -0.15) is 0 Å². The summed E-state index contributed by atoms with van der Waals surface area (Å²) in [6.45, 7) is 5.80. The summed E-state index contributed by atoms with van der Waals surface area (Å²) in [5, 5.41) is 0. The second kappa shape index (κ2) is 7.00. The maximum Gasteiger partial charge on any atom is 0.262 e. The lowest BCUT2D eigenvalue weighted by atomic mass is 10.3. The predicted molar refractivity (Wildman–Crippen MR) is 77.5 cm³/mol. The minimum absolute atomic E-state index is 0.121. The lowest BCUT2D eigenvalue weighted by Gasteiger charge is -2.08. The first-order valence-electron chi connectivity index (χ1n) is 6.17. The van der Waals surface area contributed by atoms with E-state index in [4.69, 9.17) is 0 Å². The molecule has 0 unspecified atom stereocenters. The maximum absolute atomic E-state index is 13.0. The molecule has 2 rings (SSSR count). The maximum atomic E-state index is 13.0. The number of hydrogen-bond acceptors (Lipinski definition) is 3. The molecule has 0 atom stereocenters. The van der Waals surface area contributed by atoms with E-state index in [-0.39, 0.29) is 4.90 Å². The summed E-state index contributed by atoms with van der Waals surface area (Å²) in [4.78, 5) is 3.76. The third-order valence-corrected chi connectivity index (χ3v) is 3.61. The van der Waals surface area contributed by atoms with Crippen LogP contribution in [-0.4, -0.2) is 13.4 Å². The lowest BCUT2D eigenvalue weighted by Crippen LogP contribution is -2.13. The van der Waals surface area contributed by atoms with Crippen molar-refractivity contribution in [2.75, 3.05) is 4.72 Å². The molecule has 0 aliphatic rings. The number of anilines is 1. The van der Waals surface area contributed by atoms with Crippen molar-refractivity contribution in [3.05, 3.63) is 54.1 Å². The van der Waals surface area contributed by atoms with Crippen molar-refractivity contribution in [2.24, 2.45) is 0 Å². The molecule has 0 aliphatic carbocycles. The van der Waals surface area contributed by atoms with Crippen molar-refractivity contribution in [3.8, 4) is 0 Å². The van der Waals surface area contributed by atoms with Crippen LogP contribution in [0.2, 0.25) is 0 Å². The van der Waals surface area contributed by atoms with E-state index in [1.807, 2.05) is 13.8 Å². The van der Waals surface area contributed by atoms with Gasteiger partial charge in [-0.05, 0) is 36.8 Å². The lowest BCUT2D eigenvalue weighted by molar-refractivity contribution is 0.595. The summed E-state index contributed by atoms with van der Waals surface area (Å²) in [7, 11) is -3.78. The van der Waals surface area contributed by atoms with E-state index in [1.54, 1.807) is 19.2 Å². The summed E-state index contributed by atoms with van der Waals surface area (Å²) < 4.78 is 39.3. The number of benzene rings is 1. The highest BCUT2D eigenvalue weighted by Gasteiger charge is 2.14. The second-order valence-corrected chi connectivity index (χ2v) is 5.50. The Labute approximate surface area is 118 Å². The Morgan fingerprint density at radius 1 is 1.15 bits per heavy atom. The van der Waals surface area contributed by atoms with Crippen molar-refractivity contribution in [1.82, 2.24) is 4.98 Å². The smallest absolute Gasteiger partial charge is 0.262 e. The van der Waals surface area contributed by atoms with Gasteiger partial charge in [0.1, 0.15) is 5.82 Å². The number of nitrogens with one attached hydrogen (secondary N) is 1. The predicted octanol–water partition coefficient (Wildman–Crippen LogP) is 3.36. The Kier molecular flexibility index (Phi) is 5.64. The standard InChI is InChI=1S/C12H11FN2O2S.C2H6/c1-9-5-11(8-14-7-9)15-18(16,17)12-4-2-3-10(13)6-12;1-2/h2-8,15H,1H3;1-2H3. The number of nitrogens with zero attached hydrogens (tertiary/aromatic N) is 1. The van der Waals surface area contributed by atoms with Gasteiger partial charge < -0.3 is 0 Å². The molecule has 1 aromatic heterocycles. The van der Waals surface area contributed by atoms with Gasteiger partial charge >= 0.3 is 0 Å². The molecule has 6 heteroatoms. The number of pyridine rings is 1. The van der Waals surface area contributed by atoms with Crippen LogP contribution >= 0.6 is 0 Å².